The third-order valence-electron chi connectivity index (χ3n) is 7.65. The first-order chi connectivity index (χ1) is 20.0. The first kappa shape index (κ1) is 30.1. The van der Waals surface area contributed by atoms with E-state index < -0.39 is 17.7 Å². The van der Waals surface area contributed by atoms with Crippen LogP contribution in [0.4, 0.5) is 10.2 Å². The molecule has 9 nitrogen and oxygen atoms in total. The fraction of sp³-hybridized carbons (Fsp3) is 0.531. The van der Waals surface area contributed by atoms with Crippen LogP contribution in [0.5, 0.6) is 0 Å². The number of anilines is 1. The molecule has 6 rings (SSSR count). The van der Waals surface area contributed by atoms with Crippen LogP contribution in [0, 0.1) is 12.7 Å². The number of ether oxygens (including phenoxy) is 4. The van der Waals surface area contributed by atoms with Gasteiger partial charge in [0, 0.05) is 24.8 Å². The number of carbonyl (C=O) groups is 1. The number of aryl methyl sites for hydroxylation is 1. The van der Waals surface area contributed by atoms with Gasteiger partial charge in [0.05, 0.1) is 48.9 Å². The molecule has 0 amide bonds. The van der Waals surface area contributed by atoms with Gasteiger partial charge in [-0.25, -0.2) is 14.2 Å². The summed E-state index contributed by atoms with van der Waals surface area (Å²) in [5.41, 5.74) is 3.32. The van der Waals surface area contributed by atoms with Crippen molar-refractivity contribution in [3.8, 4) is 0 Å². The third-order valence-corrected chi connectivity index (χ3v) is 7.65. The van der Waals surface area contributed by atoms with Gasteiger partial charge in [-0.2, -0.15) is 9.61 Å². The highest BCUT2D eigenvalue weighted by molar-refractivity contribution is 5.80. The number of carbonyl (C=O) groups excluding carboxylic acids is 1. The molecule has 4 bridgehead atoms. The molecular weight excluding hydrogens is 539 g/mol. The summed E-state index contributed by atoms with van der Waals surface area (Å²) in [5, 5.41) is 4.91. The maximum Gasteiger partial charge on any atom is 0.340 e. The lowest BCUT2D eigenvalue weighted by Gasteiger charge is -2.41. The molecule has 0 radical (unpaired) electrons. The molecule has 0 saturated carbocycles. The predicted molar refractivity (Wildman–Crippen MR) is 158 cm³/mol. The van der Waals surface area contributed by atoms with Gasteiger partial charge in [0.15, 0.2) is 11.8 Å². The van der Waals surface area contributed by atoms with Crippen LogP contribution >= 0.6 is 0 Å². The number of hydrogen-bond donors (Lipinski definition) is 0. The average molecular weight is 581 g/mol. The molecule has 3 aromatic rings. The summed E-state index contributed by atoms with van der Waals surface area (Å²) in [6, 6.07) is 6.59. The van der Waals surface area contributed by atoms with Crippen molar-refractivity contribution in [2.45, 2.75) is 84.9 Å². The van der Waals surface area contributed by atoms with Gasteiger partial charge < -0.3 is 23.8 Å². The van der Waals surface area contributed by atoms with Gasteiger partial charge >= 0.3 is 5.97 Å². The van der Waals surface area contributed by atoms with Gasteiger partial charge in [0.1, 0.15) is 11.6 Å². The van der Waals surface area contributed by atoms with E-state index in [-0.39, 0.29) is 31.2 Å². The zero-order valence-corrected chi connectivity index (χ0v) is 25.4. The fourth-order valence-corrected chi connectivity index (χ4v) is 5.52. The number of fused-ring (bicyclic) bond motifs is 6. The van der Waals surface area contributed by atoms with Gasteiger partial charge in [0.25, 0.3) is 0 Å². The van der Waals surface area contributed by atoms with E-state index in [1.165, 1.54) is 12.1 Å². The van der Waals surface area contributed by atoms with Crippen LogP contribution in [0.15, 0.2) is 30.3 Å². The number of halogens is 1. The normalized spacial score (nSPS) is 19.0. The molecule has 226 valence electrons. The second-order valence-corrected chi connectivity index (χ2v) is 12.2. The van der Waals surface area contributed by atoms with Crippen molar-refractivity contribution in [3.05, 3.63) is 64.2 Å². The Morgan fingerprint density at radius 3 is 2.67 bits per heavy atom. The molecule has 3 aliphatic heterocycles. The number of hydrogen-bond acceptors (Lipinski definition) is 8. The number of esters is 1. The van der Waals surface area contributed by atoms with Crippen molar-refractivity contribution in [2.75, 3.05) is 31.2 Å². The molecule has 1 saturated heterocycles. The van der Waals surface area contributed by atoms with Gasteiger partial charge in [-0.15, -0.1) is 0 Å². The summed E-state index contributed by atoms with van der Waals surface area (Å²) in [4.78, 5) is 20.5. The number of benzene rings is 1. The van der Waals surface area contributed by atoms with E-state index in [1.807, 2.05) is 45.9 Å². The van der Waals surface area contributed by atoms with E-state index >= 15 is 0 Å². The van der Waals surface area contributed by atoms with E-state index in [0.717, 1.165) is 29.8 Å². The minimum absolute atomic E-state index is 0.235. The summed E-state index contributed by atoms with van der Waals surface area (Å²) < 4.78 is 40.1. The maximum atomic E-state index is 14.1. The first-order valence-corrected chi connectivity index (χ1v) is 14.6. The second-order valence-electron chi connectivity index (χ2n) is 12.2. The summed E-state index contributed by atoms with van der Waals surface area (Å²) >= 11 is 0. The number of rotatable bonds is 4. The van der Waals surface area contributed by atoms with Crippen LogP contribution < -0.4 is 4.90 Å². The summed E-state index contributed by atoms with van der Waals surface area (Å²) in [5.74, 6) is 0.00321. The van der Waals surface area contributed by atoms with Crippen LogP contribution in [-0.4, -0.2) is 58.1 Å². The molecule has 10 heteroatoms. The van der Waals surface area contributed by atoms with Crippen molar-refractivity contribution in [2.24, 2.45) is 0 Å². The van der Waals surface area contributed by atoms with E-state index in [4.69, 9.17) is 29.0 Å². The largest absolute Gasteiger partial charge is 0.464 e. The molecule has 0 unspecified atom stereocenters. The highest BCUT2D eigenvalue weighted by Crippen LogP contribution is 2.38. The topological polar surface area (TPSA) is 87.4 Å². The summed E-state index contributed by atoms with van der Waals surface area (Å²) in [7, 11) is 0. The Balaban J connectivity index is 1.62. The van der Waals surface area contributed by atoms with E-state index in [1.54, 1.807) is 17.5 Å². The van der Waals surface area contributed by atoms with E-state index in [2.05, 4.69) is 11.8 Å². The van der Waals surface area contributed by atoms with Crippen LogP contribution in [0.1, 0.15) is 81.6 Å². The standard InChI is InChI=1S/C32H41FN4O5/c1-7-40-30(38)28(42-31(3,4)5)27-21(2)34-26-18-25-20-39-19-23-10-11-24(33)17-22(23)9-8-16-41-32(6)12-14-36(15-13-32)29(27)37(26)35-25/h8-11,17-18,28H,7,12-16,19-20H2,1-6H3/b9-8+/t28-/m0/s1. The van der Waals surface area contributed by atoms with Gasteiger partial charge in [-0.05, 0) is 77.6 Å². The Morgan fingerprint density at radius 2 is 1.95 bits per heavy atom. The molecule has 5 heterocycles. The fourth-order valence-electron chi connectivity index (χ4n) is 5.52. The lowest BCUT2D eigenvalue weighted by molar-refractivity contribution is -0.166. The SMILES string of the molecule is CCOC(=O)[C@@H](OC(C)(C)C)c1c(C)nc2cc3nn2c1N1CCC(C)(CC1)OC/C=C/c1cc(F)ccc1COC3. The molecule has 0 spiro atoms. The highest BCUT2D eigenvalue weighted by atomic mass is 19.1. The predicted octanol–water partition coefficient (Wildman–Crippen LogP) is 5.72. The minimum atomic E-state index is -0.985. The van der Waals surface area contributed by atoms with Crippen LogP contribution in [0.3, 0.4) is 0 Å². The minimum Gasteiger partial charge on any atom is -0.464 e. The second kappa shape index (κ2) is 12.1. The Labute approximate surface area is 246 Å². The zero-order valence-electron chi connectivity index (χ0n) is 25.4. The van der Waals surface area contributed by atoms with Crippen molar-refractivity contribution in [1.82, 2.24) is 14.6 Å². The van der Waals surface area contributed by atoms with Crippen molar-refractivity contribution in [3.63, 3.8) is 0 Å². The van der Waals surface area contributed by atoms with E-state index in [9.17, 15) is 9.18 Å². The first-order valence-electron chi connectivity index (χ1n) is 14.6. The molecule has 3 aliphatic rings. The molecule has 0 aliphatic carbocycles. The number of nitrogens with zero attached hydrogens (tertiary/aromatic N) is 4. The lowest BCUT2D eigenvalue weighted by Crippen LogP contribution is -2.45. The monoisotopic (exact) mass is 580 g/mol. The van der Waals surface area contributed by atoms with Crippen LogP contribution in [0.2, 0.25) is 0 Å². The Kier molecular flexibility index (Phi) is 8.68. The third kappa shape index (κ3) is 6.66. The molecule has 0 N–H and O–H groups in total. The maximum absolute atomic E-state index is 14.1. The zero-order chi connectivity index (χ0) is 30.1. The van der Waals surface area contributed by atoms with Crippen LogP contribution in [-0.2, 0) is 37.0 Å². The summed E-state index contributed by atoms with van der Waals surface area (Å²) in [6.07, 6.45) is 4.35. The van der Waals surface area contributed by atoms with Gasteiger partial charge in [-0.1, -0.05) is 18.2 Å². The smallest absolute Gasteiger partial charge is 0.340 e. The van der Waals surface area contributed by atoms with Gasteiger partial charge in [0.2, 0.25) is 0 Å². The Hall–Kier alpha value is -3.34. The van der Waals surface area contributed by atoms with Crippen LogP contribution in [0.25, 0.3) is 11.7 Å². The molecule has 1 fully saturated rings. The lowest BCUT2D eigenvalue weighted by atomic mass is 9.92. The summed E-state index contributed by atoms with van der Waals surface area (Å²) in [6.45, 7) is 14.1. The quantitative estimate of drug-likeness (QED) is 0.363. The Bertz CT molecular complexity index is 1470. The molecule has 1 aromatic carbocycles. The average Bonchev–Trinajstić information content (AvgIpc) is 3.32. The highest BCUT2D eigenvalue weighted by Gasteiger charge is 2.38. The van der Waals surface area contributed by atoms with Crippen molar-refractivity contribution < 1.29 is 28.1 Å². The molecule has 2 aromatic heterocycles. The molecule has 1 atom stereocenters. The van der Waals surface area contributed by atoms with Crippen molar-refractivity contribution in [1.29, 1.82) is 0 Å². The van der Waals surface area contributed by atoms with Crippen molar-refractivity contribution >= 4 is 23.5 Å². The number of aromatic nitrogens is 3. The Morgan fingerprint density at radius 1 is 1.19 bits per heavy atom. The van der Waals surface area contributed by atoms with Gasteiger partial charge in [-0.3, -0.25) is 0 Å². The van der Waals surface area contributed by atoms with E-state index in [0.29, 0.717) is 42.3 Å². The number of piperidine rings is 1. The molecule has 42 heavy (non-hydrogen) atoms. The molecular formula is C32H41FN4O5.